The lowest BCUT2D eigenvalue weighted by Crippen LogP contribution is -2.40. The second-order valence-corrected chi connectivity index (χ2v) is 5.78. The van der Waals surface area contributed by atoms with Crippen LogP contribution >= 0.6 is 11.6 Å². The monoisotopic (exact) mass is 337 g/mol. The van der Waals surface area contributed by atoms with Gasteiger partial charge in [0.25, 0.3) is 0 Å². The number of carbonyl (C=O) groups excluding carboxylic acids is 3. The molecular formula is C16H20ClN3O3. The van der Waals surface area contributed by atoms with Crippen molar-refractivity contribution in [2.24, 2.45) is 0 Å². The van der Waals surface area contributed by atoms with E-state index in [9.17, 15) is 14.4 Å². The Hall–Kier alpha value is -2.08. The van der Waals surface area contributed by atoms with Crippen molar-refractivity contribution in [1.29, 1.82) is 0 Å². The summed E-state index contributed by atoms with van der Waals surface area (Å²) in [5.74, 6) is -1.21. The average molecular weight is 338 g/mol. The normalized spacial score (nSPS) is 14.0. The average Bonchev–Trinajstić information content (AvgIpc) is 2.95. The van der Waals surface area contributed by atoms with Gasteiger partial charge in [-0.15, -0.1) is 0 Å². The van der Waals surface area contributed by atoms with E-state index in [0.717, 1.165) is 18.5 Å². The lowest BCUT2D eigenvalue weighted by molar-refractivity contribution is -0.139. The fourth-order valence-electron chi connectivity index (χ4n) is 2.39. The van der Waals surface area contributed by atoms with Gasteiger partial charge in [-0.1, -0.05) is 29.8 Å². The number of nitrogens with zero attached hydrogens (tertiary/aromatic N) is 1. The first-order valence-electron chi connectivity index (χ1n) is 7.65. The van der Waals surface area contributed by atoms with Gasteiger partial charge >= 0.3 is 11.8 Å². The predicted octanol–water partition coefficient (Wildman–Crippen LogP) is 1.08. The first-order chi connectivity index (χ1) is 11.1. The molecule has 1 fully saturated rings. The summed E-state index contributed by atoms with van der Waals surface area (Å²) < 4.78 is 0. The molecule has 0 bridgehead atoms. The summed E-state index contributed by atoms with van der Waals surface area (Å²) in [6, 6.07) is 7.12. The van der Waals surface area contributed by atoms with Crippen molar-refractivity contribution in [3.8, 4) is 0 Å². The Kier molecular flexibility index (Phi) is 6.40. The van der Waals surface area contributed by atoms with Crippen LogP contribution in [-0.4, -0.2) is 42.3 Å². The first-order valence-corrected chi connectivity index (χ1v) is 8.03. The highest BCUT2D eigenvalue weighted by molar-refractivity contribution is 6.35. The Morgan fingerprint density at radius 3 is 2.61 bits per heavy atom. The van der Waals surface area contributed by atoms with Gasteiger partial charge in [0.05, 0.1) is 0 Å². The zero-order valence-corrected chi connectivity index (χ0v) is 13.6. The molecule has 1 aromatic carbocycles. The molecule has 2 rings (SSSR count). The molecule has 1 aliphatic heterocycles. The van der Waals surface area contributed by atoms with Gasteiger partial charge in [0.1, 0.15) is 0 Å². The number of likely N-dealkylation sites (tertiary alicyclic amines) is 1. The quantitative estimate of drug-likeness (QED) is 0.602. The summed E-state index contributed by atoms with van der Waals surface area (Å²) in [4.78, 5) is 36.6. The standard InChI is InChI=1S/C16H20ClN3O3/c17-13-6-2-1-5-12(13)11-19-16(23)15(22)18-8-4-10-20-9-3-7-14(20)21/h1-2,5-6H,3-4,7-11H2,(H,18,22)(H,19,23). The molecule has 124 valence electrons. The Labute approximate surface area is 140 Å². The van der Waals surface area contributed by atoms with Crippen LogP contribution in [0.3, 0.4) is 0 Å². The highest BCUT2D eigenvalue weighted by Crippen LogP contribution is 2.14. The number of nitrogens with one attached hydrogen (secondary N) is 2. The van der Waals surface area contributed by atoms with E-state index in [1.165, 1.54) is 0 Å². The summed E-state index contributed by atoms with van der Waals surface area (Å²) in [6.07, 6.45) is 2.14. The predicted molar refractivity (Wildman–Crippen MR) is 86.7 cm³/mol. The van der Waals surface area contributed by atoms with E-state index in [0.29, 0.717) is 31.0 Å². The Morgan fingerprint density at radius 1 is 1.17 bits per heavy atom. The summed E-state index contributed by atoms with van der Waals surface area (Å²) >= 11 is 5.98. The van der Waals surface area contributed by atoms with Gasteiger partial charge in [0.2, 0.25) is 5.91 Å². The molecule has 0 aliphatic carbocycles. The van der Waals surface area contributed by atoms with Crippen LogP contribution < -0.4 is 10.6 Å². The molecule has 0 radical (unpaired) electrons. The maximum absolute atomic E-state index is 11.7. The van der Waals surface area contributed by atoms with Gasteiger partial charge in [-0.2, -0.15) is 0 Å². The molecule has 0 spiro atoms. The van der Waals surface area contributed by atoms with Crippen molar-refractivity contribution in [3.63, 3.8) is 0 Å². The van der Waals surface area contributed by atoms with Crippen LogP contribution in [-0.2, 0) is 20.9 Å². The molecule has 1 aliphatic rings. The highest BCUT2D eigenvalue weighted by Gasteiger charge is 2.19. The molecule has 6 nitrogen and oxygen atoms in total. The topological polar surface area (TPSA) is 78.5 Å². The minimum Gasteiger partial charge on any atom is -0.348 e. The van der Waals surface area contributed by atoms with Crippen LogP contribution in [0.4, 0.5) is 0 Å². The van der Waals surface area contributed by atoms with E-state index in [2.05, 4.69) is 10.6 Å². The number of hydrogen-bond acceptors (Lipinski definition) is 3. The van der Waals surface area contributed by atoms with Crippen molar-refractivity contribution in [2.45, 2.75) is 25.8 Å². The number of halogens is 1. The van der Waals surface area contributed by atoms with Crippen LogP contribution in [0.2, 0.25) is 5.02 Å². The molecule has 2 N–H and O–H groups in total. The van der Waals surface area contributed by atoms with Crippen molar-refractivity contribution < 1.29 is 14.4 Å². The molecule has 7 heteroatoms. The minimum absolute atomic E-state index is 0.161. The molecule has 1 heterocycles. The molecule has 1 aromatic rings. The minimum atomic E-state index is -0.692. The molecule has 0 aromatic heterocycles. The number of carbonyl (C=O) groups is 3. The number of hydrogen-bond donors (Lipinski definition) is 2. The Balaban J connectivity index is 1.64. The largest absolute Gasteiger partial charge is 0.348 e. The smallest absolute Gasteiger partial charge is 0.309 e. The maximum atomic E-state index is 11.7. The van der Waals surface area contributed by atoms with Crippen LogP contribution in [0.25, 0.3) is 0 Å². The summed E-state index contributed by atoms with van der Waals surface area (Å²) in [5, 5.41) is 5.62. The fraction of sp³-hybridized carbons (Fsp3) is 0.438. The third-order valence-electron chi connectivity index (χ3n) is 3.67. The van der Waals surface area contributed by atoms with E-state index in [1.807, 2.05) is 6.07 Å². The molecule has 0 atom stereocenters. The third-order valence-corrected chi connectivity index (χ3v) is 4.03. The van der Waals surface area contributed by atoms with Crippen molar-refractivity contribution in [1.82, 2.24) is 15.5 Å². The van der Waals surface area contributed by atoms with Gasteiger partial charge in [-0.3, -0.25) is 14.4 Å². The summed E-state index contributed by atoms with van der Waals surface area (Å²) in [7, 11) is 0. The molecule has 0 unspecified atom stereocenters. The molecule has 23 heavy (non-hydrogen) atoms. The zero-order valence-electron chi connectivity index (χ0n) is 12.8. The van der Waals surface area contributed by atoms with Crippen LogP contribution in [0.5, 0.6) is 0 Å². The Bertz CT molecular complexity index is 592. The van der Waals surface area contributed by atoms with E-state index in [-0.39, 0.29) is 12.5 Å². The lowest BCUT2D eigenvalue weighted by atomic mass is 10.2. The summed E-state index contributed by atoms with van der Waals surface area (Å²) in [5.41, 5.74) is 0.753. The van der Waals surface area contributed by atoms with Gasteiger partial charge < -0.3 is 15.5 Å². The molecular weight excluding hydrogens is 318 g/mol. The van der Waals surface area contributed by atoms with Crippen LogP contribution in [0.1, 0.15) is 24.8 Å². The van der Waals surface area contributed by atoms with Crippen LogP contribution in [0.15, 0.2) is 24.3 Å². The highest BCUT2D eigenvalue weighted by atomic mass is 35.5. The van der Waals surface area contributed by atoms with Crippen molar-refractivity contribution in [3.05, 3.63) is 34.9 Å². The van der Waals surface area contributed by atoms with Gasteiger partial charge in [0.15, 0.2) is 0 Å². The fourth-order valence-corrected chi connectivity index (χ4v) is 2.59. The van der Waals surface area contributed by atoms with Crippen molar-refractivity contribution in [2.75, 3.05) is 19.6 Å². The van der Waals surface area contributed by atoms with Gasteiger partial charge in [-0.25, -0.2) is 0 Å². The zero-order chi connectivity index (χ0) is 16.7. The lowest BCUT2D eigenvalue weighted by Gasteiger charge is -2.15. The van der Waals surface area contributed by atoms with E-state index in [1.54, 1.807) is 23.1 Å². The van der Waals surface area contributed by atoms with Gasteiger partial charge in [0, 0.05) is 37.6 Å². The molecule has 1 saturated heterocycles. The first kappa shape index (κ1) is 17.3. The molecule has 0 saturated carbocycles. The van der Waals surface area contributed by atoms with Crippen LogP contribution in [0, 0.1) is 0 Å². The molecule has 3 amide bonds. The van der Waals surface area contributed by atoms with E-state index < -0.39 is 11.8 Å². The number of benzene rings is 1. The van der Waals surface area contributed by atoms with Gasteiger partial charge in [-0.05, 0) is 24.5 Å². The third kappa shape index (κ3) is 5.25. The second kappa shape index (κ2) is 8.53. The second-order valence-electron chi connectivity index (χ2n) is 5.37. The maximum Gasteiger partial charge on any atom is 0.309 e. The van der Waals surface area contributed by atoms with Crippen molar-refractivity contribution >= 4 is 29.3 Å². The number of amides is 3. The summed E-state index contributed by atoms with van der Waals surface area (Å²) in [6.45, 7) is 1.96. The van der Waals surface area contributed by atoms with E-state index >= 15 is 0 Å². The SMILES string of the molecule is O=C(NCCCN1CCCC1=O)C(=O)NCc1ccccc1Cl. The number of rotatable bonds is 6. The Morgan fingerprint density at radius 2 is 1.91 bits per heavy atom. The van der Waals surface area contributed by atoms with E-state index in [4.69, 9.17) is 11.6 Å².